The number of hydrogen-bond donors (Lipinski definition) is 8. The van der Waals surface area contributed by atoms with Crippen molar-refractivity contribution in [2.45, 2.75) is 0 Å². The Morgan fingerprint density at radius 3 is 1.11 bits per heavy atom. The monoisotopic (exact) mass is 440 g/mol. The first kappa shape index (κ1) is 23.7. The second-order valence-electron chi connectivity index (χ2n) is 4.52. The van der Waals surface area contributed by atoms with E-state index in [0.29, 0.717) is 12.1 Å². The number of carboxylic acids is 2. The van der Waals surface area contributed by atoms with Gasteiger partial charge in [0.15, 0.2) is 34.6 Å². The van der Waals surface area contributed by atoms with Crippen molar-refractivity contribution in [3.63, 3.8) is 0 Å². The maximum atomic E-state index is 12.8. The molecule has 0 atom stereocenters. The van der Waals surface area contributed by atoms with Crippen molar-refractivity contribution in [3.8, 4) is 34.5 Å². The Morgan fingerprint density at radius 2 is 0.889 bits per heavy atom. The van der Waals surface area contributed by atoms with E-state index >= 15 is 0 Å². The molecule has 27 heavy (non-hydrogen) atoms. The summed E-state index contributed by atoms with van der Waals surface area (Å²) < 4.78 is 25.6. The molecule has 10 nitrogen and oxygen atoms in total. The molecule has 0 aliphatic heterocycles. The zero-order chi connectivity index (χ0) is 20.3. The summed E-state index contributed by atoms with van der Waals surface area (Å²) in [6.45, 7) is 0. The molecule has 142 valence electrons. The molecule has 0 radical (unpaired) electrons. The second kappa shape index (κ2) is 8.85. The van der Waals surface area contributed by atoms with Gasteiger partial charge in [-0.3, -0.25) is 0 Å². The van der Waals surface area contributed by atoms with Gasteiger partial charge in [0, 0.05) is 31.6 Å². The molecular weight excluding hydrogens is 432 g/mol. The number of benzene rings is 2. The molecule has 0 saturated heterocycles. The Balaban J connectivity index is 0.000000483. The van der Waals surface area contributed by atoms with Gasteiger partial charge < -0.3 is 40.9 Å². The first-order valence-corrected chi connectivity index (χ1v) is 6.23. The molecule has 0 bridgehead atoms. The van der Waals surface area contributed by atoms with E-state index in [1.807, 2.05) is 0 Å². The van der Waals surface area contributed by atoms with Crippen molar-refractivity contribution in [1.29, 1.82) is 0 Å². The molecule has 0 saturated carbocycles. The van der Waals surface area contributed by atoms with E-state index in [2.05, 4.69) is 0 Å². The van der Waals surface area contributed by atoms with Gasteiger partial charge in [-0.15, -0.1) is 0 Å². The number of carboxylic acid groups (broad SMARTS) is 2. The van der Waals surface area contributed by atoms with Crippen LogP contribution in [-0.4, -0.2) is 52.8 Å². The van der Waals surface area contributed by atoms with Gasteiger partial charge >= 0.3 is 11.9 Å². The average molecular weight is 442 g/mol. The molecule has 0 spiro atoms. The summed E-state index contributed by atoms with van der Waals surface area (Å²) in [4.78, 5) is 20.6. The van der Waals surface area contributed by atoms with Crippen LogP contribution in [0.4, 0.5) is 8.78 Å². The van der Waals surface area contributed by atoms with Gasteiger partial charge in [0.05, 0.1) is 0 Å². The van der Waals surface area contributed by atoms with Crippen LogP contribution in [0.25, 0.3) is 0 Å². The fraction of sp³-hybridized carbons (Fsp3) is 0. The number of carbonyl (C=O) groups is 2. The van der Waals surface area contributed by atoms with Crippen LogP contribution in [0.2, 0.25) is 0 Å². The molecular formula is C14H10F2O10Zn. The molecule has 0 unspecified atom stereocenters. The Bertz CT molecular complexity index is 827. The summed E-state index contributed by atoms with van der Waals surface area (Å²) >= 11 is 0. The maximum absolute atomic E-state index is 12.8. The largest absolute Gasteiger partial charge is 0.504 e. The Kier molecular flexibility index (Phi) is 7.76. The van der Waals surface area contributed by atoms with Gasteiger partial charge in [-0.2, -0.15) is 0 Å². The number of aromatic hydroxyl groups is 6. The molecule has 0 fully saturated rings. The van der Waals surface area contributed by atoms with Crippen molar-refractivity contribution in [2.75, 3.05) is 0 Å². The maximum Gasteiger partial charge on any atom is 0.338 e. The van der Waals surface area contributed by atoms with Crippen LogP contribution in [-0.2, 0) is 19.5 Å². The smallest absolute Gasteiger partial charge is 0.338 e. The van der Waals surface area contributed by atoms with Crippen LogP contribution in [0.1, 0.15) is 20.7 Å². The molecule has 0 amide bonds. The van der Waals surface area contributed by atoms with Gasteiger partial charge in [-0.05, 0) is 0 Å². The predicted octanol–water partition coefficient (Wildman–Crippen LogP) is 1.28. The van der Waals surface area contributed by atoms with Crippen molar-refractivity contribution in [3.05, 3.63) is 34.9 Å². The summed E-state index contributed by atoms with van der Waals surface area (Å²) in [6.07, 6.45) is 0. The SMILES string of the molecule is O=C(O)c1cc(O)c(O)c(O)c1F.O=C(O)c1cc(O)c(O)c(O)c1F.[Zn]. The normalized spacial score (nSPS) is 9.56. The average Bonchev–Trinajstić information content (AvgIpc) is 2.57. The summed E-state index contributed by atoms with van der Waals surface area (Å²) in [6, 6.07) is 1.01. The zero-order valence-corrected chi connectivity index (χ0v) is 16.0. The number of hydrogen-bond acceptors (Lipinski definition) is 8. The van der Waals surface area contributed by atoms with Crippen LogP contribution >= 0.6 is 0 Å². The molecule has 2 aromatic rings. The van der Waals surface area contributed by atoms with Crippen LogP contribution < -0.4 is 0 Å². The number of phenolic OH excluding ortho intramolecular Hbond substituents is 6. The van der Waals surface area contributed by atoms with Gasteiger partial charge in [0.2, 0.25) is 11.5 Å². The number of phenols is 6. The molecule has 2 aromatic carbocycles. The van der Waals surface area contributed by atoms with Crippen LogP contribution in [0.5, 0.6) is 34.5 Å². The second-order valence-corrected chi connectivity index (χ2v) is 4.52. The van der Waals surface area contributed by atoms with Crippen molar-refractivity contribution < 1.29 is 78.7 Å². The topological polar surface area (TPSA) is 196 Å². The van der Waals surface area contributed by atoms with Crippen LogP contribution in [0.3, 0.4) is 0 Å². The standard InChI is InChI=1S/2C7H5FO5.Zn/c2*8-4-2(7(12)13)1-3(9)5(10)6(4)11;/h2*1,9-11H,(H,12,13);. The summed E-state index contributed by atoms with van der Waals surface area (Å²) in [5.41, 5.74) is -1.82. The molecule has 0 aliphatic carbocycles. The van der Waals surface area contributed by atoms with Crippen LogP contribution in [0.15, 0.2) is 12.1 Å². The fourth-order valence-corrected chi connectivity index (χ4v) is 1.55. The summed E-state index contributed by atoms with van der Waals surface area (Å²) in [5.74, 6) is -12.8. The number of aromatic carboxylic acids is 2. The van der Waals surface area contributed by atoms with Gasteiger partial charge in [-0.1, -0.05) is 0 Å². The summed E-state index contributed by atoms with van der Waals surface area (Å²) in [5, 5.41) is 69.4. The minimum atomic E-state index is -1.65. The molecule has 8 N–H and O–H groups in total. The van der Waals surface area contributed by atoms with E-state index in [1.165, 1.54) is 0 Å². The van der Waals surface area contributed by atoms with Crippen molar-refractivity contribution in [2.24, 2.45) is 0 Å². The quantitative estimate of drug-likeness (QED) is 0.248. The van der Waals surface area contributed by atoms with E-state index in [9.17, 15) is 18.4 Å². The Morgan fingerprint density at radius 1 is 0.630 bits per heavy atom. The van der Waals surface area contributed by atoms with E-state index < -0.39 is 69.2 Å². The molecule has 0 heterocycles. The van der Waals surface area contributed by atoms with E-state index in [0.717, 1.165) is 0 Å². The third-order valence-electron chi connectivity index (χ3n) is 2.85. The predicted molar refractivity (Wildman–Crippen MR) is 76.7 cm³/mol. The van der Waals surface area contributed by atoms with Gasteiger partial charge in [0.25, 0.3) is 0 Å². The first-order valence-electron chi connectivity index (χ1n) is 6.23. The van der Waals surface area contributed by atoms with E-state index in [1.54, 1.807) is 0 Å². The molecule has 13 heteroatoms. The molecule has 2 rings (SSSR count). The fourth-order valence-electron chi connectivity index (χ4n) is 1.55. The summed E-state index contributed by atoms with van der Waals surface area (Å²) in [7, 11) is 0. The van der Waals surface area contributed by atoms with E-state index in [4.69, 9.17) is 40.9 Å². The minimum absolute atomic E-state index is 0. The minimum Gasteiger partial charge on any atom is -0.504 e. The van der Waals surface area contributed by atoms with Gasteiger partial charge in [-0.25, -0.2) is 18.4 Å². The number of halogens is 2. The zero-order valence-electron chi connectivity index (χ0n) is 13.0. The third kappa shape index (κ3) is 4.85. The van der Waals surface area contributed by atoms with Crippen LogP contribution in [0, 0.1) is 11.6 Å². The molecule has 0 aliphatic rings. The number of rotatable bonds is 2. The van der Waals surface area contributed by atoms with Gasteiger partial charge in [0.1, 0.15) is 11.1 Å². The first-order chi connectivity index (χ1) is 11.9. The Hall–Kier alpha value is -3.34. The Labute approximate surface area is 160 Å². The van der Waals surface area contributed by atoms with Crippen molar-refractivity contribution in [1.82, 2.24) is 0 Å². The van der Waals surface area contributed by atoms with Crippen molar-refractivity contribution >= 4 is 11.9 Å². The van der Waals surface area contributed by atoms with E-state index in [-0.39, 0.29) is 19.5 Å². The molecule has 0 aromatic heterocycles. The third-order valence-corrected chi connectivity index (χ3v) is 2.85.